The third kappa shape index (κ3) is 6.29. The molecule has 61 heavy (non-hydrogen) atoms. The molecule has 0 spiro atoms. The first-order valence-electron chi connectivity index (χ1n) is 20.7. The van der Waals surface area contributed by atoms with E-state index in [1.54, 1.807) is 0 Å². The number of nitrogens with zero attached hydrogens (tertiary/aromatic N) is 1. The van der Waals surface area contributed by atoms with Crippen LogP contribution in [0.25, 0.3) is 95.6 Å². The summed E-state index contributed by atoms with van der Waals surface area (Å²) in [6.07, 6.45) is 0. The Hall–Kier alpha value is -7.30. The van der Waals surface area contributed by atoms with E-state index in [-0.39, 0.29) is 0 Å². The molecule has 12 aromatic rings. The molecule has 10 aromatic carbocycles. The molecular weight excluding hydrogens is 775 g/mol. The molecule has 12 rings (SSSR count). The number of rotatable bonds is 7. The monoisotopic (exact) mass is 811 g/mol. The van der Waals surface area contributed by atoms with Gasteiger partial charge in [0.25, 0.3) is 0 Å². The fourth-order valence-corrected chi connectivity index (χ4v) is 11.5. The van der Waals surface area contributed by atoms with Crippen molar-refractivity contribution in [3.63, 3.8) is 0 Å². The maximum atomic E-state index is 2.37. The van der Waals surface area contributed by atoms with E-state index >= 15 is 0 Å². The van der Waals surface area contributed by atoms with E-state index in [0.29, 0.717) is 0 Å². The van der Waals surface area contributed by atoms with Crippen LogP contribution in [-0.2, 0) is 0 Å². The predicted octanol–water partition coefficient (Wildman–Crippen LogP) is 17.7. The lowest BCUT2D eigenvalue weighted by molar-refractivity contribution is 1.28. The molecule has 0 aliphatic carbocycles. The molecule has 0 saturated heterocycles. The number of hydrogen-bond acceptors (Lipinski definition) is 3. The summed E-state index contributed by atoms with van der Waals surface area (Å²) in [6, 6.07) is 82.3. The third-order valence-electron chi connectivity index (χ3n) is 12.1. The fourth-order valence-electron chi connectivity index (χ4n) is 9.07. The molecule has 2 heterocycles. The average Bonchev–Trinajstić information content (AvgIpc) is 3.91. The summed E-state index contributed by atoms with van der Waals surface area (Å²) in [5.74, 6) is 0. The van der Waals surface area contributed by atoms with Gasteiger partial charge in [-0.1, -0.05) is 164 Å². The van der Waals surface area contributed by atoms with E-state index in [9.17, 15) is 0 Å². The van der Waals surface area contributed by atoms with Crippen LogP contribution in [0.15, 0.2) is 224 Å². The van der Waals surface area contributed by atoms with Crippen molar-refractivity contribution >= 4 is 90.9 Å². The van der Waals surface area contributed by atoms with E-state index < -0.39 is 0 Å². The van der Waals surface area contributed by atoms with Gasteiger partial charge in [-0.05, 0) is 116 Å². The SMILES string of the molecule is c1cc(-c2ccc(N(c3ccc(-c4ccc5c(c4)sc4ccccc45)cc3)c3ccc(-c4cccc5c4sc4ccccc45)cc3)cc2)cc(-c2cccc3ccccc23)c1. The predicted molar refractivity (Wildman–Crippen MR) is 266 cm³/mol. The topological polar surface area (TPSA) is 3.24 Å². The van der Waals surface area contributed by atoms with Gasteiger partial charge in [-0.15, -0.1) is 22.7 Å². The summed E-state index contributed by atoms with van der Waals surface area (Å²) in [5, 5.41) is 7.82. The third-order valence-corrected chi connectivity index (χ3v) is 14.5. The lowest BCUT2D eigenvalue weighted by Crippen LogP contribution is -2.09. The highest BCUT2D eigenvalue weighted by Crippen LogP contribution is 2.43. The Labute approximate surface area is 362 Å². The Morgan fingerprint density at radius 2 is 0.738 bits per heavy atom. The van der Waals surface area contributed by atoms with Crippen molar-refractivity contribution in [3.05, 3.63) is 224 Å². The lowest BCUT2D eigenvalue weighted by Gasteiger charge is -2.26. The smallest absolute Gasteiger partial charge is 0.0462 e. The van der Waals surface area contributed by atoms with Gasteiger partial charge in [-0.2, -0.15) is 0 Å². The molecule has 0 unspecified atom stereocenters. The van der Waals surface area contributed by atoms with Gasteiger partial charge in [0.15, 0.2) is 0 Å². The van der Waals surface area contributed by atoms with E-state index in [1.165, 1.54) is 95.6 Å². The minimum absolute atomic E-state index is 1.10. The standard InChI is InChI=1S/C58H37NS2/c1-2-14-48-40(10-1)11-8-17-49(48)44-13-7-12-42(36-44)38-22-29-45(30-23-38)59(46-31-24-39(25-32-46)43-28-35-53-51-15-3-5-20-55(51)60-57(53)37-43)47-33-26-41(27-34-47)50-18-9-19-54-52-16-4-6-21-56(52)61-58(50)54/h1-37H. The van der Waals surface area contributed by atoms with Crippen LogP contribution in [-0.4, -0.2) is 0 Å². The lowest BCUT2D eigenvalue weighted by atomic mass is 9.95. The molecule has 2 aromatic heterocycles. The molecule has 0 fully saturated rings. The van der Waals surface area contributed by atoms with Crippen molar-refractivity contribution in [1.29, 1.82) is 0 Å². The van der Waals surface area contributed by atoms with Gasteiger partial charge in [-0.3, -0.25) is 0 Å². The Balaban J connectivity index is 0.918. The van der Waals surface area contributed by atoms with E-state index in [0.717, 1.165) is 17.1 Å². The minimum Gasteiger partial charge on any atom is -0.311 e. The Bertz CT molecular complexity index is 3570. The highest BCUT2D eigenvalue weighted by atomic mass is 32.1. The van der Waals surface area contributed by atoms with Gasteiger partial charge >= 0.3 is 0 Å². The minimum atomic E-state index is 1.10. The summed E-state index contributed by atoms with van der Waals surface area (Å²) in [7, 11) is 0. The number of anilines is 3. The van der Waals surface area contributed by atoms with Gasteiger partial charge < -0.3 is 4.90 Å². The highest BCUT2D eigenvalue weighted by molar-refractivity contribution is 7.26. The highest BCUT2D eigenvalue weighted by Gasteiger charge is 2.16. The zero-order chi connectivity index (χ0) is 40.3. The molecule has 0 aliphatic rings. The quantitative estimate of drug-likeness (QED) is 0.155. The molecule has 0 N–H and O–H groups in total. The van der Waals surface area contributed by atoms with Gasteiger partial charge in [0.1, 0.15) is 0 Å². The van der Waals surface area contributed by atoms with Crippen LogP contribution in [0, 0.1) is 0 Å². The molecule has 0 saturated carbocycles. The van der Waals surface area contributed by atoms with Crippen molar-refractivity contribution in [1.82, 2.24) is 0 Å². The van der Waals surface area contributed by atoms with Crippen LogP contribution >= 0.6 is 22.7 Å². The van der Waals surface area contributed by atoms with Gasteiger partial charge in [0.05, 0.1) is 0 Å². The largest absolute Gasteiger partial charge is 0.311 e. The van der Waals surface area contributed by atoms with Gasteiger partial charge in [0, 0.05) is 57.4 Å². The molecule has 286 valence electrons. The van der Waals surface area contributed by atoms with E-state index in [2.05, 4.69) is 229 Å². The second kappa shape index (κ2) is 14.8. The van der Waals surface area contributed by atoms with Crippen LogP contribution < -0.4 is 4.90 Å². The summed E-state index contributed by atoms with van der Waals surface area (Å²) < 4.78 is 5.30. The van der Waals surface area contributed by atoms with E-state index in [4.69, 9.17) is 0 Å². The fraction of sp³-hybridized carbons (Fsp3) is 0. The first kappa shape index (κ1) is 35.6. The van der Waals surface area contributed by atoms with Crippen molar-refractivity contribution in [3.8, 4) is 44.5 Å². The molecule has 0 bridgehead atoms. The molecule has 0 amide bonds. The van der Waals surface area contributed by atoms with Crippen molar-refractivity contribution in [2.75, 3.05) is 4.90 Å². The number of thiophene rings is 2. The molecule has 0 aliphatic heterocycles. The van der Waals surface area contributed by atoms with Crippen LogP contribution in [0.2, 0.25) is 0 Å². The van der Waals surface area contributed by atoms with Crippen molar-refractivity contribution in [2.24, 2.45) is 0 Å². The summed E-state index contributed by atoms with van der Waals surface area (Å²) in [5.41, 5.74) is 13.1. The number of hydrogen-bond donors (Lipinski definition) is 0. The first-order chi connectivity index (χ1) is 30.2. The summed E-state index contributed by atoms with van der Waals surface area (Å²) in [6.45, 7) is 0. The second-order valence-corrected chi connectivity index (χ2v) is 17.8. The van der Waals surface area contributed by atoms with E-state index in [1.807, 2.05) is 22.7 Å². The molecule has 1 nitrogen and oxygen atoms in total. The van der Waals surface area contributed by atoms with Gasteiger partial charge in [0.2, 0.25) is 0 Å². The second-order valence-electron chi connectivity index (χ2n) is 15.7. The molecule has 0 radical (unpaired) electrons. The maximum absolute atomic E-state index is 2.37. The summed E-state index contributed by atoms with van der Waals surface area (Å²) in [4.78, 5) is 2.37. The van der Waals surface area contributed by atoms with Crippen LogP contribution in [0.1, 0.15) is 0 Å². The average molecular weight is 812 g/mol. The Morgan fingerprint density at radius 1 is 0.262 bits per heavy atom. The van der Waals surface area contributed by atoms with Crippen molar-refractivity contribution in [2.45, 2.75) is 0 Å². The van der Waals surface area contributed by atoms with Crippen LogP contribution in [0.5, 0.6) is 0 Å². The molecule has 0 atom stereocenters. The van der Waals surface area contributed by atoms with Crippen LogP contribution in [0.4, 0.5) is 17.1 Å². The van der Waals surface area contributed by atoms with Crippen molar-refractivity contribution < 1.29 is 0 Å². The number of benzene rings is 10. The Kier molecular flexibility index (Phi) is 8.62. The maximum Gasteiger partial charge on any atom is 0.0462 e. The normalized spacial score (nSPS) is 11.6. The zero-order valence-corrected chi connectivity index (χ0v) is 34.8. The zero-order valence-electron chi connectivity index (χ0n) is 33.1. The van der Waals surface area contributed by atoms with Crippen LogP contribution in [0.3, 0.4) is 0 Å². The molecular formula is C58H37NS2. The number of fused-ring (bicyclic) bond motifs is 7. The summed E-state index contributed by atoms with van der Waals surface area (Å²) >= 11 is 3.74. The first-order valence-corrected chi connectivity index (χ1v) is 22.4. The molecule has 3 heteroatoms. The van der Waals surface area contributed by atoms with Gasteiger partial charge in [-0.25, -0.2) is 0 Å². The Morgan fingerprint density at radius 3 is 1.46 bits per heavy atom.